The molecule has 2 atom stereocenters. The zero-order chi connectivity index (χ0) is 14.7. The largest absolute Gasteiger partial charge is 0.465 e. The van der Waals surface area contributed by atoms with Gasteiger partial charge in [0.25, 0.3) is 0 Å². The van der Waals surface area contributed by atoms with Crippen molar-refractivity contribution in [3.05, 3.63) is 26.6 Å². The van der Waals surface area contributed by atoms with Crippen LogP contribution in [-0.2, 0) is 4.74 Å². The summed E-state index contributed by atoms with van der Waals surface area (Å²) < 4.78 is 6.52. The molecule has 4 nitrogen and oxygen atoms in total. The summed E-state index contributed by atoms with van der Waals surface area (Å²) in [6.45, 7) is 0. The van der Waals surface area contributed by atoms with Crippen LogP contribution in [0.15, 0.2) is 21.1 Å². The Kier molecular flexibility index (Phi) is 5.46. The Bertz CT molecular complexity index is 508. The predicted octanol–water partition coefficient (Wildman–Crippen LogP) is 3.68. The van der Waals surface area contributed by atoms with Crippen LogP contribution in [0.5, 0.6) is 0 Å². The normalized spacial score (nSPS) is 22.4. The molecular weight excluding hydrogens is 388 g/mol. The fourth-order valence-electron chi connectivity index (χ4n) is 2.55. The third-order valence-corrected chi connectivity index (χ3v) is 4.61. The third-order valence-electron chi connectivity index (χ3n) is 3.52. The molecule has 0 aliphatic heterocycles. The standard InChI is InChI=1S/C14H18Br2N2O2/c1-20-14(19)11-5-8(15)6-12(16)13(11)18-10-4-2-3-9(17)7-10/h5-6,9-10,18H,2-4,7,17H2,1H3. The number of hydrogen-bond donors (Lipinski definition) is 2. The molecule has 0 radical (unpaired) electrons. The summed E-state index contributed by atoms with van der Waals surface area (Å²) in [5, 5.41) is 3.44. The minimum Gasteiger partial charge on any atom is -0.465 e. The van der Waals surface area contributed by atoms with Gasteiger partial charge in [-0.1, -0.05) is 15.9 Å². The average Bonchev–Trinajstić information content (AvgIpc) is 2.40. The van der Waals surface area contributed by atoms with Gasteiger partial charge in [0, 0.05) is 21.0 Å². The van der Waals surface area contributed by atoms with Gasteiger partial charge in [-0.15, -0.1) is 0 Å². The first-order valence-electron chi connectivity index (χ1n) is 6.60. The van der Waals surface area contributed by atoms with Crippen molar-refractivity contribution in [3.8, 4) is 0 Å². The summed E-state index contributed by atoms with van der Waals surface area (Å²) in [5.41, 5.74) is 7.31. The Morgan fingerprint density at radius 3 is 2.80 bits per heavy atom. The summed E-state index contributed by atoms with van der Waals surface area (Å²) in [7, 11) is 1.39. The maximum Gasteiger partial charge on any atom is 0.340 e. The van der Waals surface area contributed by atoms with Crippen LogP contribution >= 0.6 is 31.9 Å². The molecule has 2 rings (SSSR count). The number of esters is 1. The predicted molar refractivity (Wildman–Crippen MR) is 87.0 cm³/mol. The highest BCUT2D eigenvalue weighted by atomic mass is 79.9. The Labute approximate surface area is 135 Å². The Balaban J connectivity index is 2.27. The Hall–Kier alpha value is -0.590. The van der Waals surface area contributed by atoms with E-state index < -0.39 is 0 Å². The van der Waals surface area contributed by atoms with Crippen molar-refractivity contribution in [2.24, 2.45) is 5.73 Å². The molecule has 1 aliphatic rings. The van der Waals surface area contributed by atoms with Gasteiger partial charge < -0.3 is 15.8 Å². The molecule has 20 heavy (non-hydrogen) atoms. The molecule has 1 aromatic carbocycles. The minimum atomic E-state index is -0.352. The highest BCUT2D eigenvalue weighted by Crippen LogP contribution is 2.33. The van der Waals surface area contributed by atoms with E-state index in [2.05, 4.69) is 37.2 Å². The molecule has 0 saturated heterocycles. The number of nitrogens with two attached hydrogens (primary N) is 1. The highest BCUT2D eigenvalue weighted by Gasteiger charge is 2.23. The van der Waals surface area contributed by atoms with Crippen molar-refractivity contribution in [3.63, 3.8) is 0 Å². The molecule has 1 aliphatic carbocycles. The van der Waals surface area contributed by atoms with E-state index in [0.29, 0.717) is 11.6 Å². The lowest BCUT2D eigenvalue weighted by Crippen LogP contribution is -2.35. The van der Waals surface area contributed by atoms with Crippen molar-refractivity contribution in [2.45, 2.75) is 37.8 Å². The monoisotopic (exact) mass is 404 g/mol. The van der Waals surface area contributed by atoms with Crippen LogP contribution in [-0.4, -0.2) is 25.2 Å². The van der Waals surface area contributed by atoms with Crippen molar-refractivity contribution in [1.29, 1.82) is 0 Å². The number of ether oxygens (including phenoxy) is 1. The van der Waals surface area contributed by atoms with Crippen LogP contribution in [0.25, 0.3) is 0 Å². The van der Waals surface area contributed by atoms with E-state index >= 15 is 0 Å². The van der Waals surface area contributed by atoms with E-state index in [9.17, 15) is 4.79 Å². The molecule has 6 heteroatoms. The van der Waals surface area contributed by atoms with Gasteiger partial charge in [0.2, 0.25) is 0 Å². The van der Waals surface area contributed by atoms with E-state index in [1.807, 2.05) is 6.07 Å². The molecule has 110 valence electrons. The second-order valence-electron chi connectivity index (χ2n) is 5.07. The van der Waals surface area contributed by atoms with Crippen LogP contribution in [0.2, 0.25) is 0 Å². The maximum absolute atomic E-state index is 11.9. The quantitative estimate of drug-likeness (QED) is 0.752. The van der Waals surface area contributed by atoms with E-state index in [1.165, 1.54) is 7.11 Å². The summed E-state index contributed by atoms with van der Waals surface area (Å²) in [5.74, 6) is -0.352. The van der Waals surface area contributed by atoms with E-state index in [1.54, 1.807) is 6.07 Å². The lowest BCUT2D eigenvalue weighted by atomic mass is 9.91. The summed E-state index contributed by atoms with van der Waals surface area (Å²) >= 11 is 6.90. The summed E-state index contributed by atoms with van der Waals surface area (Å²) in [6, 6.07) is 4.20. The maximum atomic E-state index is 11.9. The Morgan fingerprint density at radius 2 is 2.15 bits per heavy atom. The van der Waals surface area contributed by atoms with Crippen LogP contribution in [0.3, 0.4) is 0 Å². The zero-order valence-electron chi connectivity index (χ0n) is 11.3. The fraction of sp³-hybridized carbons (Fsp3) is 0.500. The third kappa shape index (κ3) is 3.74. The zero-order valence-corrected chi connectivity index (χ0v) is 14.5. The van der Waals surface area contributed by atoms with Gasteiger partial charge in [0.15, 0.2) is 0 Å². The van der Waals surface area contributed by atoms with Crippen LogP contribution < -0.4 is 11.1 Å². The molecule has 0 bridgehead atoms. The van der Waals surface area contributed by atoms with E-state index in [0.717, 1.165) is 40.3 Å². The number of rotatable bonds is 3. The van der Waals surface area contributed by atoms with Crippen molar-refractivity contribution < 1.29 is 9.53 Å². The first-order chi connectivity index (χ1) is 9.51. The smallest absolute Gasteiger partial charge is 0.340 e. The summed E-state index contributed by atoms with van der Waals surface area (Å²) in [4.78, 5) is 11.9. The molecule has 1 fully saturated rings. The SMILES string of the molecule is COC(=O)c1cc(Br)cc(Br)c1NC1CCCC(N)C1. The number of methoxy groups -OCH3 is 1. The molecular formula is C14H18Br2N2O2. The number of hydrogen-bond acceptors (Lipinski definition) is 4. The molecule has 0 heterocycles. The average molecular weight is 406 g/mol. The number of carbonyl (C=O) groups is 1. The van der Waals surface area contributed by atoms with Crippen molar-refractivity contribution in [2.75, 3.05) is 12.4 Å². The van der Waals surface area contributed by atoms with Crippen LogP contribution in [0.4, 0.5) is 5.69 Å². The molecule has 0 spiro atoms. The van der Waals surface area contributed by atoms with Crippen LogP contribution in [0.1, 0.15) is 36.0 Å². The molecule has 0 aromatic heterocycles. The van der Waals surface area contributed by atoms with E-state index in [-0.39, 0.29) is 12.0 Å². The fourth-order valence-corrected chi connectivity index (χ4v) is 3.89. The first-order valence-corrected chi connectivity index (χ1v) is 8.19. The molecule has 0 amide bonds. The number of halogens is 2. The van der Waals surface area contributed by atoms with Gasteiger partial charge >= 0.3 is 5.97 Å². The lowest BCUT2D eigenvalue weighted by Gasteiger charge is -2.29. The van der Waals surface area contributed by atoms with Gasteiger partial charge in [-0.25, -0.2) is 4.79 Å². The summed E-state index contributed by atoms with van der Waals surface area (Å²) in [6.07, 6.45) is 4.17. The molecule has 2 unspecified atom stereocenters. The van der Waals surface area contributed by atoms with E-state index in [4.69, 9.17) is 10.5 Å². The first kappa shape index (κ1) is 15.8. The van der Waals surface area contributed by atoms with Gasteiger partial charge in [0.05, 0.1) is 18.4 Å². The number of nitrogens with one attached hydrogen (secondary N) is 1. The number of benzene rings is 1. The number of carbonyl (C=O) groups excluding carboxylic acids is 1. The highest BCUT2D eigenvalue weighted by molar-refractivity contribution is 9.11. The van der Waals surface area contributed by atoms with Gasteiger partial charge in [-0.2, -0.15) is 0 Å². The second-order valence-corrected chi connectivity index (χ2v) is 6.84. The van der Waals surface area contributed by atoms with Gasteiger partial charge in [0.1, 0.15) is 0 Å². The van der Waals surface area contributed by atoms with Gasteiger partial charge in [-0.3, -0.25) is 0 Å². The minimum absolute atomic E-state index is 0.233. The Morgan fingerprint density at radius 1 is 1.40 bits per heavy atom. The molecule has 1 aromatic rings. The van der Waals surface area contributed by atoms with Crippen LogP contribution in [0, 0.1) is 0 Å². The van der Waals surface area contributed by atoms with Gasteiger partial charge in [-0.05, 0) is 53.7 Å². The van der Waals surface area contributed by atoms with Crippen molar-refractivity contribution >= 4 is 43.5 Å². The molecule has 3 N–H and O–H groups in total. The lowest BCUT2D eigenvalue weighted by molar-refractivity contribution is 0.0601. The topological polar surface area (TPSA) is 64.3 Å². The molecule has 1 saturated carbocycles. The second kappa shape index (κ2) is 6.91. The number of anilines is 1. The van der Waals surface area contributed by atoms with Crippen molar-refractivity contribution in [1.82, 2.24) is 0 Å².